The first-order valence-electron chi connectivity index (χ1n) is 9.67. The second kappa shape index (κ2) is 8.97. The molecular weight excluding hydrogens is 368 g/mol. The summed E-state index contributed by atoms with van der Waals surface area (Å²) in [5, 5.41) is 9.56. The van der Waals surface area contributed by atoms with Crippen LogP contribution in [0.3, 0.4) is 0 Å². The fraction of sp³-hybridized carbons (Fsp3) is 0.476. The minimum absolute atomic E-state index is 0.0309. The van der Waals surface area contributed by atoms with E-state index in [2.05, 4.69) is 16.0 Å². The first kappa shape index (κ1) is 20.7. The predicted octanol–water partition coefficient (Wildman–Crippen LogP) is 1.31. The maximum Gasteiger partial charge on any atom is 0.246 e. The van der Waals surface area contributed by atoms with E-state index >= 15 is 0 Å². The van der Waals surface area contributed by atoms with Crippen molar-refractivity contribution in [3.8, 4) is 11.8 Å². The monoisotopic (exact) mass is 396 g/mol. The number of hydrogen-bond donors (Lipinski definition) is 0. The van der Waals surface area contributed by atoms with E-state index in [0.717, 1.165) is 18.0 Å². The van der Waals surface area contributed by atoms with E-state index in [1.807, 2.05) is 61.1 Å². The largest absolute Gasteiger partial charge is 0.489 e. The minimum atomic E-state index is 0.0309. The van der Waals surface area contributed by atoms with Gasteiger partial charge >= 0.3 is 0 Å². The summed E-state index contributed by atoms with van der Waals surface area (Å²) in [6.45, 7) is 3.19. The number of nitrogens with zero attached hydrogens (tertiary/aromatic N) is 6. The molecule has 29 heavy (non-hydrogen) atoms. The molecule has 0 bridgehead atoms. The number of fused-ring (bicyclic) bond motifs is 3. The molecule has 8 heteroatoms. The zero-order chi connectivity index (χ0) is 21.0. The molecule has 8 nitrogen and oxygen atoms in total. The van der Waals surface area contributed by atoms with Crippen molar-refractivity contribution in [2.24, 2.45) is 4.99 Å². The Hall–Kier alpha value is -3.05. The molecule has 1 atom stereocenters. The third kappa shape index (κ3) is 4.87. The van der Waals surface area contributed by atoms with E-state index in [0.29, 0.717) is 37.5 Å². The van der Waals surface area contributed by atoms with Crippen molar-refractivity contribution in [2.75, 3.05) is 65.9 Å². The number of nitriles is 1. The Morgan fingerprint density at radius 2 is 2.14 bits per heavy atom. The highest BCUT2D eigenvalue weighted by Crippen LogP contribution is 2.40. The average Bonchev–Trinajstić information content (AvgIpc) is 2.70. The van der Waals surface area contributed by atoms with Crippen LogP contribution >= 0.6 is 0 Å². The lowest BCUT2D eigenvalue weighted by molar-refractivity contribution is -0.127. The molecule has 2 heterocycles. The van der Waals surface area contributed by atoms with E-state index in [-0.39, 0.29) is 11.9 Å². The van der Waals surface area contributed by atoms with Crippen LogP contribution < -0.4 is 9.64 Å². The summed E-state index contributed by atoms with van der Waals surface area (Å²) in [5.74, 6) is 0.764. The molecular formula is C21H28N6O2. The Labute approximate surface area is 172 Å². The first-order chi connectivity index (χ1) is 13.9. The standard InChI is InChI=1S/C21H28N6O2/c1-24(2)7-5-6-21(28)26-8-9-27-17(13-26)14-29-20-11-18(23-15-25(3)4)16(12-22)10-19(20)27/h5-6,10-11,15,17H,7-9,13-14H2,1-4H3/b6-5+,23-15+/t17-/m0/s1. The van der Waals surface area contributed by atoms with Gasteiger partial charge in [0, 0.05) is 52.4 Å². The number of anilines is 1. The summed E-state index contributed by atoms with van der Waals surface area (Å²) in [6.07, 6.45) is 5.20. The lowest BCUT2D eigenvalue weighted by atomic mass is 10.1. The number of rotatable bonds is 5. The Morgan fingerprint density at radius 1 is 1.34 bits per heavy atom. The molecule has 1 saturated heterocycles. The van der Waals surface area contributed by atoms with Gasteiger partial charge in [-0.2, -0.15) is 5.26 Å². The summed E-state index contributed by atoms with van der Waals surface area (Å²) in [7, 11) is 7.70. The minimum Gasteiger partial charge on any atom is -0.489 e. The Morgan fingerprint density at radius 3 is 2.83 bits per heavy atom. The molecule has 3 rings (SSSR count). The molecule has 0 spiro atoms. The molecule has 0 saturated carbocycles. The third-order valence-electron chi connectivity index (χ3n) is 4.89. The van der Waals surface area contributed by atoms with Crippen LogP contribution in [0, 0.1) is 11.3 Å². The first-order valence-corrected chi connectivity index (χ1v) is 9.67. The number of carbonyl (C=O) groups excluding carboxylic acids is 1. The zero-order valence-electron chi connectivity index (χ0n) is 17.5. The molecule has 0 aliphatic carbocycles. The van der Waals surface area contributed by atoms with Crippen LogP contribution in [0.15, 0.2) is 29.3 Å². The summed E-state index contributed by atoms with van der Waals surface area (Å²) in [5.41, 5.74) is 2.01. The van der Waals surface area contributed by atoms with E-state index in [4.69, 9.17) is 4.74 Å². The molecule has 154 valence electrons. The number of benzene rings is 1. The van der Waals surface area contributed by atoms with Crippen molar-refractivity contribution in [1.82, 2.24) is 14.7 Å². The fourth-order valence-corrected chi connectivity index (χ4v) is 3.44. The third-order valence-corrected chi connectivity index (χ3v) is 4.89. The quantitative estimate of drug-likeness (QED) is 0.424. The van der Waals surface area contributed by atoms with Gasteiger partial charge in [0.25, 0.3) is 0 Å². The van der Waals surface area contributed by atoms with E-state index < -0.39 is 0 Å². The highest BCUT2D eigenvalue weighted by Gasteiger charge is 2.34. The second-order valence-corrected chi connectivity index (χ2v) is 7.76. The second-order valence-electron chi connectivity index (χ2n) is 7.76. The number of aliphatic imine (C=N–C) groups is 1. The highest BCUT2D eigenvalue weighted by atomic mass is 16.5. The van der Waals surface area contributed by atoms with Crippen LogP contribution in [0.4, 0.5) is 11.4 Å². The Balaban J connectivity index is 1.75. The summed E-state index contributed by atoms with van der Waals surface area (Å²) in [4.78, 5) is 24.8. The molecule has 1 aromatic rings. The molecule has 0 aromatic heterocycles. The molecule has 2 aliphatic heterocycles. The number of amides is 1. The van der Waals surface area contributed by atoms with E-state index in [1.54, 1.807) is 12.4 Å². The van der Waals surface area contributed by atoms with Gasteiger partial charge in [0.2, 0.25) is 5.91 Å². The SMILES string of the molecule is CN(C)/C=N/c1cc2c(cc1C#N)N1CCN(C(=O)/C=C/CN(C)C)C[C@H]1CO2. The van der Waals surface area contributed by atoms with Gasteiger partial charge < -0.3 is 24.3 Å². The topological polar surface area (TPSA) is 75.4 Å². The summed E-state index contributed by atoms with van der Waals surface area (Å²) < 4.78 is 5.98. The van der Waals surface area contributed by atoms with Gasteiger partial charge in [-0.1, -0.05) is 6.08 Å². The number of piperazine rings is 1. The van der Waals surface area contributed by atoms with Gasteiger partial charge in [-0.25, -0.2) is 4.99 Å². The van der Waals surface area contributed by atoms with Crippen molar-refractivity contribution in [2.45, 2.75) is 6.04 Å². The van der Waals surface area contributed by atoms with Gasteiger partial charge in [-0.3, -0.25) is 4.79 Å². The molecule has 1 aromatic carbocycles. The molecule has 1 amide bonds. The Kier molecular flexibility index (Phi) is 6.39. The molecule has 0 unspecified atom stereocenters. The maximum atomic E-state index is 12.5. The summed E-state index contributed by atoms with van der Waals surface area (Å²) in [6, 6.07) is 5.98. The van der Waals surface area contributed by atoms with Crippen molar-refractivity contribution in [3.05, 3.63) is 29.8 Å². The predicted molar refractivity (Wildman–Crippen MR) is 114 cm³/mol. The van der Waals surface area contributed by atoms with Crippen molar-refractivity contribution >= 4 is 23.6 Å². The number of likely N-dealkylation sites (N-methyl/N-ethyl adjacent to an activating group) is 1. The van der Waals surface area contributed by atoms with Gasteiger partial charge in [0.15, 0.2) is 0 Å². The van der Waals surface area contributed by atoms with Crippen LogP contribution in [-0.2, 0) is 4.79 Å². The fourth-order valence-electron chi connectivity index (χ4n) is 3.44. The average molecular weight is 396 g/mol. The molecule has 1 fully saturated rings. The lowest BCUT2D eigenvalue weighted by Gasteiger charge is -2.45. The van der Waals surface area contributed by atoms with Crippen LogP contribution in [0.2, 0.25) is 0 Å². The van der Waals surface area contributed by atoms with E-state index in [9.17, 15) is 10.1 Å². The number of carbonyl (C=O) groups is 1. The molecule has 0 N–H and O–H groups in total. The van der Waals surface area contributed by atoms with Crippen LogP contribution in [0.5, 0.6) is 5.75 Å². The normalized spacial score (nSPS) is 18.6. The van der Waals surface area contributed by atoms with Gasteiger partial charge in [-0.15, -0.1) is 0 Å². The van der Waals surface area contributed by atoms with Gasteiger partial charge in [-0.05, 0) is 20.2 Å². The van der Waals surface area contributed by atoms with Gasteiger partial charge in [0.1, 0.15) is 18.4 Å². The van der Waals surface area contributed by atoms with Crippen molar-refractivity contribution in [1.29, 1.82) is 5.26 Å². The van der Waals surface area contributed by atoms with Crippen LogP contribution in [0.25, 0.3) is 0 Å². The van der Waals surface area contributed by atoms with Crippen LogP contribution in [0.1, 0.15) is 5.56 Å². The lowest BCUT2D eigenvalue weighted by Crippen LogP contribution is -2.58. The number of hydrogen-bond acceptors (Lipinski definition) is 6. The van der Waals surface area contributed by atoms with Gasteiger partial charge in [0.05, 0.1) is 29.3 Å². The molecule has 0 radical (unpaired) electrons. The van der Waals surface area contributed by atoms with Crippen LogP contribution in [-0.4, -0.2) is 94.0 Å². The van der Waals surface area contributed by atoms with Crippen molar-refractivity contribution in [3.63, 3.8) is 0 Å². The van der Waals surface area contributed by atoms with Crippen molar-refractivity contribution < 1.29 is 9.53 Å². The maximum absolute atomic E-state index is 12.5. The van der Waals surface area contributed by atoms with E-state index in [1.165, 1.54) is 0 Å². The molecule has 2 aliphatic rings. The zero-order valence-corrected chi connectivity index (χ0v) is 17.5. The summed E-state index contributed by atoms with van der Waals surface area (Å²) >= 11 is 0. The number of ether oxygens (including phenoxy) is 1. The Bertz CT molecular complexity index is 855. The smallest absolute Gasteiger partial charge is 0.246 e. The highest BCUT2D eigenvalue weighted by molar-refractivity contribution is 5.88.